The number of benzene rings is 3. The number of carbonyl (C=O) groups excluding carboxylic acids is 2. The Kier molecular flexibility index (Phi) is 6.26. The number of nitrogens with one attached hydrogen (secondary N) is 1. The Bertz CT molecular complexity index is 1050. The fourth-order valence-corrected chi connectivity index (χ4v) is 3.01. The smallest absolute Gasteiger partial charge is 0.412 e. The first-order valence-electron chi connectivity index (χ1n) is 9.58. The normalized spacial score (nSPS) is 11.1. The second kappa shape index (κ2) is 8.86. The third-order valence-electron chi connectivity index (χ3n) is 4.23. The third kappa shape index (κ3) is 5.29. The van der Waals surface area contributed by atoms with Gasteiger partial charge in [-0.15, -0.1) is 0 Å². The molecule has 0 aliphatic carbocycles. The molecular weight excluding hydrogens is 382 g/mol. The van der Waals surface area contributed by atoms with Gasteiger partial charge in [-0.05, 0) is 43.9 Å². The zero-order valence-electron chi connectivity index (χ0n) is 17.5. The number of ether oxygens (including phenoxy) is 3. The van der Waals surface area contributed by atoms with E-state index in [-0.39, 0.29) is 0 Å². The summed E-state index contributed by atoms with van der Waals surface area (Å²) in [5.74, 6) is 0.00132. The van der Waals surface area contributed by atoms with Gasteiger partial charge in [0.2, 0.25) is 0 Å². The maximum absolute atomic E-state index is 12.3. The molecule has 0 aromatic heterocycles. The summed E-state index contributed by atoms with van der Waals surface area (Å²) in [7, 11) is 1.34. The van der Waals surface area contributed by atoms with E-state index >= 15 is 0 Å². The molecule has 0 saturated carbocycles. The Hall–Kier alpha value is -3.54. The largest absolute Gasteiger partial charge is 0.488 e. The summed E-state index contributed by atoms with van der Waals surface area (Å²) in [5, 5.41) is 4.09. The van der Waals surface area contributed by atoms with Gasteiger partial charge in [0.15, 0.2) is 0 Å². The van der Waals surface area contributed by atoms with Crippen molar-refractivity contribution in [3.8, 4) is 5.75 Å². The number of carbonyl (C=O) groups is 2. The molecular formula is C24H25NO5. The number of hydrogen-bond acceptors (Lipinski definition) is 5. The zero-order chi connectivity index (χ0) is 21.7. The highest BCUT2D eigenvalue weighted by molar-refractivity contribution is 6.08. The van der Waals surface area contributed by atoms with Crippen LogP contribution in [-0.2, 0) is 16.1 Å². The van der Waals surface area contributed by atoms with Crippen molar-refractivity contribution >= 4 is 28.5 Å². The second-order valence-corrected chi connectivity index (χ2v) is 7.77. The third-order valence-corrected chi connectivity index (χ3v) is 4.23. The van der Waals surface area contributed by atoms with Crippen LogP contribution in [0.4, 0.5) is 10.5 Å². The van der Waals surface area contributed by atoms with E-state index in [2.05, 4.69) is 5.32 Å². The SMILES string of the molecule is COC(=O)c1cccc2cc(NC(=O)OC(C)(C)C)cc(OCc3ccccc3)c12. The van der Waals surface area contributed by atoms with Crippen molar-refractivity contribution in [3.63, 3.8) is 0 Å². The van der Waals surface area contributed by atoms with E-state index < -0.39 is 17.7 Å². The molecule has 0 aliphatic rings. The lowest BCUT2D eigenvalue weighted by Crippen LogP contribution is -2.27. The quantitative estimate of drug-likeness (QED) is 0.561. The summed E-state index contributed by atoms with van der Waals surface area (Å²) in [6.45, 7) is 5.69. The molecule has 1 amide bonds. The molecule has 0 unspecified atom stereocenters. The fraction of sp³-hybridized carbons (Fsp3) is 0.250. The van der Waals surface area contributed by atoms with Crippen molar-refractivity contribution in [2.24, 2.45) is 0 Å². The molecule has 6 nitrogen and oxygen atoms in total. The lowest BCUT2D eigenvalue weighted by molar-refractivity contribution is 0.0599. The van der Waals surface area contributed by atoms with Crippen LogP contribution in [0, 0.1) is 0 Å². The van der Waals surface area contributed by atoms with Crippen molar-refractivity contribution in [3.05, 3.63) is 71.8 Å². The first-order valence-corrected chi connectivity index (χ1v) is 9.58. The molecule has 30 heavy (non-hydrogen) atoms. The van der Waals surface area contributed by atoms with Crippen molar-refractivity contribution in [1.82, 2.24) is 0 Å². The van der Waals surface area contributed by atoms with E-state index in [1.54, 1.807) is 45.0 Å². The van der Waals surface area contributed by atoms with E-state index in [1.165, 1.54) is 7.11 Å². The fourth-order valence-electron chi connectivity index (χ4n) is 3.01. The highest BCUT2D eigenvalue weighted by Crippen LogP contribution is 2.34. The standard InChI is InChI=1S/C24H25NO5/c1-24(2,3)30-23(27)25-18-13-17-11-8-12-19(22(26)28-4)21(17)20(14-18)29-15-16-9-6-5-7-10-16/h5-14H,15H2,1-4H3,(H,25,27). The Labute approximate surface area is 175 Å². The lowest BCUT2D eigenvalue weighted by Gasteiger charge is -2.20. The number of amides is 1. The highest BCUT2D eigenvalue weighted by Gasteiger charge is 2.19. The van der Waals surface area contributed by atoms with Crippen molar-refractivity contribution in [2.75, 3.05) is 12.4 Å². The van der Waals surface area contributed by atoms with E-state index in [4.69, 9.17) is 14.2 Å². The molecule has 0 atom stereocenters. The van der Waals surface area contributed by atoms with Crippen LogP contribution in [0.2, 0.25) is 0 Å². The number of esters is 1. The van der Waals surface area contributed by atoms with E-state index in [1.807, 2.05) is 36.4 Å². The number of methoxy groups -OCH3 is 1. The van der Waals surface area contributed by atoms with Gasteiger partial charge in [0.25, 0.3) is 0 Å². The van der Waals surface area contributed by atoms with Crippen LogP contribution in [0.1, 0.15) is 36.7 Å². The Morgan fingerprint density at radius 1 is 0.967 bits per heavy atom. The van der Waals surface area contributed by atoms with E-state index in [0.29, 0.717) is 29.0 Å². The molecule has 1 N–H and O–H groups in total. The number of hydrogen-bond donors (Lipinski definition) is 1. The molecule has 156 valence electrons. The lowest BCUT2D eigenvalue weighted by atomic mass is 10.0. The van der Waals surface area contributed by atoms with Crippen LogP contribution >= 0.6 is 0 Å². The van der Waals surface area contributed by atoms with Crippen LogP contribution in [0.25, 0.3) is 10.8 Å². The summed E-state index contributed by atoms with van der Waals surface area (Å²) < 4.78 is 16.3. The maximum Gasteiger partial charge on any atom is 0.412 e. The van der Waals surface area contributed by atoms with Crippen LogP contribution in [0.3, 0.4) is 0 Å². The molecule has 3 rings (SSSR count). The summed E-state index contributed by atoms with van der Waals surface area (Å²) >= 11 is 0. The Morgan fingerprint density at radius 3 is 2.37 bits per heavy atom. The van der Waals surface area contributed by atoms with Gasteiger partial charge < -0.3 is 14.2 Å². The van der Waals surface area contributed by atoms with Crippen LogP contribution in [0.15, 0.2) is 60.7 Å². The molecule has 0 saturated heterocycles. The average molecular weight is 407 g/mol. The first kappa shape index (κ1) is 21.2. The summed E-state index contributed by atoms with van der Waals surface area (Å²) in [6, 6.07) is 18.4. The van der Waals surface area contributed by atoms with Gasteiger partial charge in [-0.1, -0.05) is 42.5 Å². The number of rotatable bonds is 5. The summed E-state index contributed by atoms with van der Waals surface area (Å²) in [6.07, 6.45) is -0.569. The Balaban J connectivity index is 2.01. The van der Waals surface area contributed by atoms with Gasteiger partial charge in [0.1, 0.15) is 18.0 Å². The minimum absolute atomic E-state index is 0.307. The molecule has 0 bridgehead atoms. The van der Waals surface area contributed by atoms with Crippen molar-refractivity contribution < 1.29 is 23.8 Å². The summed E-state index contributed by atoms with van der Waals surface area (Å²) in [4.78, 5) is 24.5. The van der Waals surface area contributed by atoms with Gasteiger partial charge in [0, 0.05) is 17.1 Å². The van der Waals surface area contributed by atoms with Crippen molar-refractivity contribution in [2.45, 2.75) is 33.0 Å². The minimum Gasteiger partial charge on any atom is -0.488 e. The number of fused-ring (bicyclic) bond motifs is 1. The molecule has 0 aliphatic heterocycles. The molecule has 0 heterocycles. The van der Waals surface area contributed by atoms with Gasteiger partial charge in [0.05, 0.1) is 12.7 Å². The molecule has 0 fully saturated rings. The van der Waals surface area contributed by atoms with Crippen LogP contribution in [0.5, 0.6) is 5.75 Å². The molecule has 6 heteroatoms. The zero-order valence-corrected chi connectivity index (χ0v) is 17.5. The molecule has 0 spiro atoms. The molecule has 3 aromatic carbocycles. The predicted octanol–water partition coefficient (Wildman–Crippen LogP) is 5.55. The second-order valence-electron chi connectivity index (χ2n) is 7.77. The van der Waals surface area contributed by atoms with Gasteiger partial charge >= 0.3 is 12.1 Å². The van der Waals surface area contributed by atoms with E-state index in [9.17, 15) is 9.59 Å². The Morgan fingerprint density at radius 2 is 1.70 bits per heavy atom. The average Bonchev–Trinajstić information content (AvgIpc) is 2.70. The van der Waals surface area contributed by atoms with Gasteiger partial charge in [-0.2, -0.15) is 0 Å². The monoisotopic (exact) mass is 407 g/mol. The van der Waals surface area contributed by atoms with Gasteiger partial charge in [-0.3, -0.25) is 5.32 Å². The topological polar surface area (TPSA) is 73.9 Å². The maximum atomic E-state index is 12.3. The highest BCUT2D eigenvalue weighted by atomic mass is 16.6. The first-order chi connectivity index (χ1) is 14.3. The number of anilines is 1. The molecule has 0 radical (unpaired) electrons. The predicted molar refractivity (Wildman–Crippen MR) is 116 cm³/mol. The minimum atomic E-state index is -0.619. The van der Waals surface area contributed by atoms with Crippen LogP contribution in [-0.4, -0.2) is 24.8 Å². The molecule has 3 aromatic rings. The van der Waals surface area contributed by atoms with E-state index in [0.717, 1.165) is 10.9 Å². The summed E-state index contributed by atoms with van der Waals surface area (Å²) in [5.41, 5.74) is 1.25. The van der Waals surface area contributed by atoms with Crippen molar-refractivity contribution in [1.29, 1.82) is 0 Å². The van der Waals surface area contributed by atoms with Gasteiger partial charge in [-0.25, -0.2) is 9.59 Å². The van der Waals surface area contributed by atoms with Crippen LogP contribution < -0.4 is 10.1 Å².